The minimum atomic E-state index is -4.69. The molecule has 17 heavy (non-hydrogen) atoms. The Kier molecular flexibility index (Phi) is 3.62. The fraction of sp³-hybridized carbons (Fsp3) is 0.375. The number of halogens is 3. The van der Waals surface area contributed by atoms with Gasteiger partial charge >= 0.3 is 6.18 Å². The summed E-state index contributed by atoms with van der Waals surface area (Å²) in [5.41, 5.74) is -1.27. The summed E-state index contributed by atoms with van der Waals surface area (Å²) in [5, 5.41) is 2.47. The third kappa shape index (κ3) is 2.86. The van der Waals surface area contributed by atoms with Gasteiger partial charge in [-0.1, -0.05) is 0 Å². The van der Waals surface area contributed by atoms with Crippen molar-refractivity contribution in [3.05, 3.63) is 18.0 Å². The number of aromatic nitrogens is 1. The Bertz CT molecular complexity index is 513. The maximum atomic E-state index is 12.4. The summed E-state index contributed by atoms with van der Waals surface area (Å²) in [7, 11) is -1.47. The number of nitrogens with one attached hydrogen (secondary N) is 2. The van der Waals surface area contributed by atoms with Gasteiger partial charge in [0.2, 0.25) is 10.0 Å². The van der Waals surface area contributed by atoms with Crippen LogP contribution in [0, 0.1) is 0 Å². The molecule has 1 aromatic rings. The zero-order valence-electron chi connectivity index (χ0n) is 8.96. The highest BCUT2D eigenvalue weighted by atomic mass is 32.2. The van der Waals surface area contributed by atoms with E-state index in [9.17, 15) is 21.6 Å². The highest BCUT2D eigenvalue weighted by Crippen LogP contribution is 2.31. The highest BCUT2D eigenvalue weighted by molar-refractivity contribution is 7.89. The lowest BCUT2D eigenvalue weighted by Crippen LogP contribution is -2.21. The van der Waals surface area contributed by atoms with Crippen molar-refractivity contribution in [1.82, 2.24) is 9.71 Å². The molecule has 1 aromatic heterocycles. The Labute approximate surface area is 96.1 Å². The van der Waals surface area contributed by atoms with E-state index in [0.29, 0.717) is 6.07 Å². The fourth-order valence-corrected chi connectivity index (χ4v) is 2.04. The van der Waals surface area contributed by atoms with Crippen LogP contribution in [0.4, 0.5) is 18.9 Å². The molecule has 0 radical (unpaired) electrons. The molecule has 0 aliphatic carbocycles. The number of nitrogens with zero attached hydrogens (tertiary/aromatic N) is 1. The van der Waals surface area contributed by atoms with Crippen LogP contribution < -0.4 is 10.0 Å². The van der Waals surface area contributed by atoms with E-state index in [-0.39, 0.29) is 5.69 Å². The third-order valence-electron chi connectivity index (χ3n) is 1.98. The van der Waals surface area contributed by atoms with E-state index >= 15 is 0 Å². The highest BCUT2D eigenvalue weighted by Gasteiger charge is 2.34. The zero-order valence-corrected chi connectivity index (χ0v) is 9.78. The molecule has 96 valence electrons. The van der Waals surface area contributed by atoms with Crippen LogP contribution in [0.5, 0.6) is 0 Å². The summed E-state index contributed by atoms with van der Waals surface area (Å²) < 4.78 is 62.2. The number of alkyl halides is 3. The second-order valence-electron chi connectivity index (χ2n) is 3.02. The number of pyridine rings is 1. The van der Waals surface area contributed by atoms with Crippen molar-refractivity contribution in [2.75, 3.05) is 19.4 Å². The number of anilines is 1. The molecule has 0 fully saturated rings. The van der Waals surface area contributed by atoms with Crippen molar-refractivity contribution in [2.24, 2.45) is 0 Å². The first-order valence-electron chi connectivity index (χ1n) is 4.41. The van der Waals surface area contributed by atoms with Gasteiger partial charge in [0.1, 0.15) is 10.6 Å². The van der Waals surface area contributed by atoms with Crippen molar-refractivity contribution in [3.63, 3.8) is 0 Å². The maximum absolute atomic E-state index is 12.4. The van der Waals surface area contributed by atoms with Gasteiger partial charge in [-0.2, -0.15) is 13.2 Å². The van der Waals surface area contributed by atoms with Gasteiger partial charge in [0.15, 0.2) is 0 Å². The van der Waals surface area contributed by atoms with E-state index < -0.39 is 26.8 Å². The Morgan fingerprint density at radius 1 is 1.29 bits per heavy atom. The predicted molar refractivity (Wildman–Crippen MR) is 55.0 cm³/mol. The first-order chi connectivity index (χ1) is 7.72. The Morgan fingerprint density at radius 2 is 1.88 bits per heavy atom. The topological polar surface area (TPSA) is 71.1 Å². The van der Waals surface area contributed by atoms with E-state index in [1.165, 1.54) is 7.05 Å². The molecule has 5 nitrogen and oxygen atoms in total. The molecule has 2 N–H and O–H groups in total. The molecule has 0 amide bonds. The van der Waals surface area contributed by atoms with Gasteiger partial charge in [0.05, 0.1) is 11.9 Å². The third-order valence-corrected chi connectivity index (χ3v) is 3.44. The van der Waals surface area contributed by atoms with Gasteiger partial charge in [0, 0.05) is 7.05 Å². The van der Waals surface area contributed by atoms with Crippen molar-refractivity contribution >= 4 is 15.7 Å². The van der Waals surface area contributed by atoms with Gasteiger partial charge in [-0.05, 0) is 13.1 Å². The summed E-state index contributed by atoms with van der Waals surface area (Å²) in [5.74, 6) is 0. The number of rotatable bonds is 3. The molecule has 0 aliphatic rings. The van der Waals surface area contributed by atoms with Crippen LogP contribution in [0.3, 0.4) is 0 Å². The van der Waals surface area contributed by atoms with Crippen molar-refractivity contribution in [3.8, 4) is 0 Å². The van der Waals surface area contributed by atoms with Gasteiger partial charge in [-0.25, -0.2) is 18.1 Å². The SMILES string of the molecule is CNc1cnc(C(F)(F)F)cc1S(=O)(=O)NC. The molecule has 0 atom stereocenters. The Morgan fingerprint density at radius 3 is 2.29 bits per heavy atom. The average molecular weight is 269 g/mol. The molecule has 0 aromatic carbocycles. The minimum Gasteiger partial charge on any atom is -0.386 e. The van der Waals surface area contributed by atoms with Gasteiger partial charge < -0.3 is 5.32 Å². The molecular weight excluding hydrogens is 259 g/mol. The summed E-state index contributed by atoms with van der Waals surface area (Å²) >= 11 is 0. The largest absolute Gasteiger partial charge is 0.433 e. The van der Waals surface area contributed by atoms with Gasteiger partial charge in [-0.3, -0.25) is 0 Å². The first-order valence-corrected chi connectivity index (χ1v) is 5.89. The minimum absolute atomic E-state index is 0.00708. The Balaban J connectivity index is 3.46. The van der Waals surface area contributed by atoms with E-state index in [4.69, 9.17) is 0 Å². The first kappa shape index (κ1) is 13.7. The molecule has 0 bridgehead atoms. The number of sulfonamides is 1. The van der Waals surface area contributed by atoms with E-state index in [1.807, 2.05) is 4.72 Å². The lowest BCUT2D eigenvalue weighted by molar-refractivity contribution is -0.141. The van der Waals surface area contributed by atoms with Gasteiger partial charge in [0.25, 0.3) is 0 Å². The monoisotopic (exact) mass is 269 g/mol. The van der Waals surface area contributed by atoms with E-state index in [1.54, 1.807) is 0 Å². The van der Waals surface area contributed by atoms with Crippen molar-refractivity contribution in [2.45, 2.75) is 11.1 Å². The van der Waals surface area contributed by atoms with E-state index in [2.05, 4.69) is 10.3 Å². The molecule has 1 rings (SSSR count). The fourth-order valence-electron chi connectivity index (χ4n) is 1.11. The molecule has 0 unspecified atom stereocenters. The number of hydrogen-bond acceptors (Lipinski definition) is 4. The summed E-state index contributed by atoms with van der Waals surface area (Å²) in [6.07, 6.45) is -3.86. The number of hydrogen-bond donors (Lipinski definition) is 2. The lowest BCUT2D eigenvalue weighted by Gasteiger charge is -2.12. The molecule has 0 saturated carbocycles. The predicted octanol–water partition coefficient (Wildman–Crippen LogP) is 1.05. The van der Waals surface area contributed by atoms with Crippen LogP contribution in [-0.4, -0.2) is 27.5 Å². The van der Waals surface area contributed by atoms with Crippen molar-refractivity contribution < 1.29 is 21.6 Å². The normalized spacial score (nSPS) is 12.5. The molecule has 1 heterocycles. The average Bonchev–Trinajstić information content (AvgIpc) is 2.27. The smallest absolute Gasteiger partial charge is 0.386 e. The van der Waals surface area contributed by atoms with E-state index in [0.717, 1.165) is 13.2 Å². The summed E-state index contributed by atoms with van der Waals surface area (Å²) in [6, 6.07) is 0.484. The van der Waals surface area contributed by atoms with Crippen LogP contribution in [-0.2, 0) is 16.2 Å². The van der Waals surface area contributed by atoms with Crippen LogP contribution >= 0.6 is 0 Å². The van der Waals surface area contributed by atoms with Crippen LogP contribution in [0.25, 0.3) is 0 Å². The molecular formula is C8H10F3N3O2S. The summed E-state index contributed by atoms with van der Waals surface area (Å²) in [6.45, 7) is 0. The lowest BCUT2D eigenvalue weighted by atomic mass is 10.3. The second kappa shape index (κ2) is 4.49. The quantitative estimate of drug-likeness (QED) is 0.860. The molecule has 9 heteroatoms. The van der Waals surface area contributed by atoms with Crippen LogP contribution in [0.1, 0.15) is 5.69 Å². The zero-order chi connectivity index (χ0) is 13.3. The molecule has 0 saturated heterocycles. The molecule has 0 spiro atoms. The molecule has 0 aliphatic heterocycles. The maximum Gasteiger partial charge on any atom is 0.433 e. The second-order valence-corrected chi connectivity index (χ2v) is 4.88. The van der Waals surface area contributed by atoms with Crippen LogP contribution in [0.2, 0.25) is 0 Å². The summed E-state index contributed by atoms with van der Waals surface area (Å²) in [4.78, 5) is 2.65. The van der Waals surface area contributed by atoms with Crippen LogP contribution in [0.15, 0.2) is 17.2 Å². The standard InChI is InChI=1S/C8H10F3N3O2S/c1-12-5-4-14-7(8(9,10)11)3-6(5)17(15,16)13-2/h3-4,12-13H,1-2H3. The van der Waals surface area contributed by atoms with Crippen molar-refractivity contribution in [1.29, 1.82) is 0 Å². The van der Waals surface area contributed by atoms with Gasteiger partial charge in [-0.15, -0.1) is 0 Å². The Hall–Kier alpha value is -1.35.